The van der Waals surface area contributed by atoms with Crippen molar-refractivity contribution in [2.24, 2.45) is 0 Å². The van der Waals surface area contributed by atoms with Gasteiger partial charge in [0.1, 0.15) is 0 Å². The minimum absolute atomic E-state index is 0.00343. The molecule has 0 saturated carbocycles. The van der Waals surface area contributed by atoms with Crippen LogP contribution < -0.4 is 10.6 Å². The molecule has 4 rings (SSSR count). The topological polar surface area (TPSA) is 75.3 Å². The highest BCUT2D eigenvalue weighted by Crippen LogP contribution is 2.36. The molecule has 1 amide bonds. The van der Waals surface area contributed by atoms with Crippen LogP contribution in [0.5, 0.6) is 0 Å². The molecule has 2 aliphatic rings. The number of carbonyl (C=O) groups is 1. The molecular weight excluding hydrogens is 441 g/mol. The zero-order valence-corrected chi connectivity index (χ0v) is 17.2. The van der Waals surface area contributed by atoms with E-state index in [1.165, 1.54) is 12.1 Å². The van der Waals surface area contributed by atoms with E-state index in [4.69, 9.17) is 11.6 Å². The minimum atomic E-state index is -3.79. The van der Waals surface area contributed by atoms with Crippen LogP contribution in [-0.4, -0.2) is 31.7 Å². The fourth-order valence-electron chi connectivity index (χ4n) is 4.13. The predicted octanol–water partition coefficient (Wildman–Crippen LogP) is 4.07. The van der Waals surface area contributed by atoms with Gasteiger partial charge in [-0.3, -0.25) is 4.79 Å². The van der Waals surface area contributed by atoms with E-state index in [0.717, 1.165) is 18.9 Å². The highest BCUT2D eigenvalue weighted by atomic mass is 35.5. The largest absolute Gasteiger partial charge is 0.322 e. The number of nitrogens with one attached hydrogen (secondary N) is 2. The third kappa shape index (κ3) is 3.93. The summed E-state index contributed by atoms with van der Waals surface area (Å²) in [6.45, 7) is 0. The SMILES string of the molecule is O=C(Nc1cc(F)c(F)c(F)c1)c1ccc(Cl)c(S(=O)(=O)C2CC3CC[C@@H](C2)N3)c1. The summed E-state index contributed by atoms with van der Waals surface area (Å²) in [7, 11) is -3.79. The molecule has 2 unspecified atom stereocenters. The lowest BCUT2D eigenvalue weighted by Crippen LogP contribution is -2.43. The number of amides is 1. The van der Waals surface area contributed by atoms with Crippen molar-refractivity contribution in [3.05, 3.63) is 58.4 Å². The fourth-order valence-corrected chi connectivity index (χ4v) is 6.53. The molecule has 0 aromatic heterocycles. The maximum absolute atomic E-state index is 13.4. The first kappa shape index (κ1) is 21.1. The molecule has 0 spiro atoms. The first-order chi connectivity index (χ1) is 14.1. The van der Waals surface area contributed by atoms with Gasteiger partial charge < -0.3 is 10.6 Å². The van der Waals surface area contributed by atoms with Gasteiger partial charge in [0.2, 0.25) is 0 Å². The lowest BCUT2D eigenvalue weighted by atomic mass is 10.1. The number of anilines is 1. The zero-order valence-electron chi connectivity index (χ0n) is 15.6. The van der Waals surface area contributed by atoms with Gasteiger partial charge in [-0.1, -0.05) is 11.6 Å². The maximum atomic E-state index is 13.4. The number of rotatable bonds is 4. The van der Waals surface area contributed by atoms with E-state index in [1.54, 1.807) is 0 Å². The van der Waals surface area contributed by atoms with Crippen molar-refractivity contribution in [3.8, 4) is 0 Å². The van der Waals surface area contributed by atoms with Gasteiger partial charge >= 0.3 is 0 Å². The van der Waals surface area contributed by atoms with Crippen molar-refractivity contribution in [1.82, 2.24) is 5.32 Å². The number of halogens is 4. The van der Waals surface area contributed by atoms with Crippen LogP contribution in [0.15, 0.2) is 35.2 Å². The van der Waals surface area contributed by atoms with E-state index in [9.17, 15) is 26.4 Å². The third-order valence-electron chi connectivity index (χ3n) is 5.61. The molecule has 2 aromatic carbocycles. The van der Waals surface area contributed by atoms with Gasteiger partial charge in [0, 0.05) is 35.5 Å². The number of piperidine rings is 1. The van der Waals surface area contributed by atoms with Crippen molar-refractivity contribution in [2.75, 3.05) is 5.32 Å². The van der Waals surface area contributed by atoms with Gasteiger partial charge in [-0.15, -0.1) is 0 Å². The molecule has 2 N–H and O–H groups in total. The second-order valence-corrected chi connectivity index (χ2v) is 10.2. The van der Waals surface area contributed by atoms with Crippen LogP contribution in [0, 0.1) is 17.5 Å². The molecule has 160 valence electrons. The lowest BCUT2D eigenvalue weighted by molar-refractivity contribution is 0.102. The number of hydrogen-bond donors (Lipinski definition) is 2. The number of benzene rings is 2. The monoisotopic (exact) mass is 458 g/mol. The first-order valence-electron chi connectivity index (χ1n) is 9.40. The molecule has 2 bridgehead atoms. The summed E-state index contributed by atoms with van der Waals surface area (Å²) in [6, 6.07) is 5.33. The number of fused-ring (bicyclic) bond motifs is 2. The van der Waals surface area contributed by atoms with Crippen LogP contribution in [0.1, 0.15) is 36.0 Å². The van der Waals surface area contributed by atoms with Crippen LogP contribution in [0.4, 0.5) is 18.9 Å². The highest BCUT2D eigenvalue weighted by Gasteiger charge is 2.41. The quantitative estimate of drug-likeness (QED) is 0.677. The molecule has 3 atom stereocenters. The molecule has 10 heteroatoms. The van der Waals surface area contributed by atoms with Crippen LogP contribution in [0.2, 0.25) is 5.02 Å². The molecule has 2 fully saturated rings. The second-order valence-electron chi connectivity index (χ2n) is 7.63. The van der Waals surface area contributed by atoms with Gasteiger partial charge in [0.25, 0.3) is 5.91 Å². The molecule has 0 radical (unpaired) electrons. The van der Waals surface area contributed by atoms with Crippen molar-refractivity contribution in [3.63, 3.8) is 0 Å². The fraction of sp³-hybridized carbons (Fsp3) is 0.350. The van der Waals surface area contributed by atoms with Crippen molar-refractivity contribution >= 4 is 33.0 Å². The Morgan fingerprint density at radius 3 is 2.23 bits per heavy atom. The van der Waals surface area contributed by atoms with Crippen LogP contribution in [0.25, 0.3) is 0 Å². The number of sulfone groups is 1. The summed E-state index contributed by atoms with van der Waals surface area (Å²) < 4.78 is 66.2. The van der Waals surface area contributed by atoms with Crippen molar-refractivity contribution in [1.29, 1.82) is 0 Å². The third-order valence-corrected chi connectivity index (χ3v) is 8.27. The Morgan fingerprint density at radius 2 is 1.63 bits per heavy atom. The van der Waals surface area contributed by atoms with Gasteiger partial charge in [0.15, 0.2) is 27.3 Å². The van der Waals surface area contributed by atoms with Gasteiger partial charge in [-0.2, -0.15) is 0 Å². The molecule has 30 heavy (non-hydrogen) atoms. The summed E-state index contributed by atoms with van der Waals surface area (Å²) in [6.07, 6.45) is 2.80. The molecule has 2 aliphatic heterocycles. The van der Waals surface area contributed by atoms with Gasteiger partial charge in [-0.05, 0) is 43.9 Å². The summed E-state index contributed by atoms with van der Waals surface area (Å²) in [4.78, 5) is 12.4. The lowest BCUT2D eigenvalue weighted by Gasteiger charge is -2.29. The second kappa shape index (κ2) is 7.86. The standard InChI is InChI=1S/C20H18ClF3N2O3S/c21-15-4-1-10(20(27)26-13-8-16(22)19(24)17(23)9-13)5-18(15)30(28,29)14-6-11-2-3-12(7-14)25-11/h1,4-5,8-9,11-12,14,25H,2-3,6-7H2,(H,26,27)/t11-,12?,14?/m0/s1. The Hall–Kier alpha value is -2.10. The summed E-state index contributed by atoms with van der Waals surface area (Å²) in [5.74, 6) is -5.36. The number of hydrogen-bond acceptors (Lipinski definition) is 4. The normalized spacial score (nSPS) is 23.4. The minimum Gasteiger partial charge on any atom is -0.322 e. The van der Waals surface area contributed by atoms with Crippen LogP contribution in [0.3, 0.4) is 0 Å². The Kier molecular flexibility index (Phi) is 5.54. The Labute approximate surface area is 176 Å². The average Bonchev–Trinajstić information content (AvgIpc) is 3.03. The maximum Gasteiger partial charge on any atom is 0.255 e. The van der Waals surface area contributed by atoms with Gasteiger partial charge in [0.05, 0.1) is 15.2 Å². The molecule has 2 heterocycles. The smallest absolute Gasteiger partial charge is 0.255 e. The van der Waals surface area contributed by atoms with Crippen molar-refractivity contribution < 1.29 is 26.4 Å². The number of carbonyl (C=O) groups excluding carboxylic acids is 1. The summed E-state index contributed by atoms with van der Waals surface area (Å²) in [5, 5.41) is 5.01. The molecule has 2 saturated heterocycles. The Balaban J connectivity index is 1.61. The Bertz CT molecular complexity index is 1090. The molecular formula is C20H18ClF3N2O3S. The van der Waals surface area contributed by atoms with E-state index in [0.29, 0.717) is 25.0 Å². The molecule has 0 aliphatic carbocycles. The summed E-state index contributed by atoms with van der Waals surface area (Å²) >= 11 is 6.14. The van der Waals surface area contributed by atoms with E-state index in [2.05, 4.69) is 10.6 Å². The Morgan fingerprint density at radius 1 is 1.03 bits per heavy atom. The van der Waals surface area contributed by atoms with Crippen LogP contribution in [-0.2, 0) is 9.84 Å². The van der Waals surface area contributed by atoms with E-state index in [-0.39, 0.29) is 33.3 Å². The molecule has 5 nitrogen and oxygen atoms in total. The summed E-state index contributed by atoms with van der Waals surface area (Å²) in [5.41, 5.74) is -0.356. The predicted molar refractivity (Wildman–Crippen MR) is 106 cm³/mol. The van der Waals surface area contributed by atoms with Crippen LogP contribution >= 0.6 is 11.6 Å². The average molecular weight is 459 g/mol. The first-order valence-corrected chi connectivity index (χ1v) is 11.3. The van der Waals surface area contributed by atoms with E-state index >= 15 is 0 Å². The van der Waals surface area contributed by atoms with Gasteiger partial charge in [-0.25, -0.2) is 21.6 Å². The van der Waals surface area contributed by atoms with E-state index < -0.39 is 38.4 Å². The zero-order chi connectivity index (χ0) is 21.6. The van der Waals surface area contributed by atoms with Crippen molar-refractivity contribution in [2.45, 2.75) is 47.9 Å². The highest BCUT2D eigenvalue weighted by molar-refractivity contribution is 7.92. The van der Waals surface area contributed by atoms with E-state index in [1.807, 2.05) is 0 Å². The molecule has 2 aromatic rings.